The molecule has 1 aromatic rings. The van der Waals surface area contributed by atoms with Crippen LogP contribution in [0.25, 0.3) is 0 Å². The van der Waals surface area contributed by atoms with E-state index in [1.54, 1.807) is 5.38 Å². The fourth-order valence-electron chi connectivity index (χ4n) is 0.761. The molecule has 1 aromatic heterocycles. The lowest BCUT2D eigenvalue weighted by molar-refractivity contribution is 0.105. The van der Waals surface area contributed by atoms with E-state index >= 15 is 0 Å². The number of aromatic amines is 1. The van der Waals surface area contributed by atoms with Crippen LogP contribution in [-0.2, 0) is 6.54 Å². The molecule has 0 bridgehead atoms. The van der Waals surface area contributed by atoms with E-state index in [1.807, 2.05) is 0 Å². The SMILES string of the molecule is CC(NCc1csc(=O)[nH]1)C(F)F. The maximum Gasteiger partial charge on any atom is 0.304 e. The van der Waals surface area contributed by atoms with Gasteiger partial charge in [-0.25, -0.2) is 8.78 Å². The first-order chi connectivity index (χ1) is 6.09. The molecule has 0 fully saturated rings. The Morgan fingerprint density at radius 1 is 1.69 bits per heavy atom. The minimum absolute atomic E-state index is 0.165. The van der Waals surface area contributed by atoms with Gasteiger partial charge < -0.3 is 10.3 Å². The molecule has 1 rings (SSSR count). The van der Waals surface area contributed by atoms with Crippen molar-refractivity contribution in [1.82, 2.24) is 10.3 Å². The molecule has 2 N–H and O–H groups in total. The van der Waals surface area contributed by atoms with Crippen LogP contribution in [0, 0.1) is 0 Å². The maximum absolute atomic E-state index is 12.0. The largest absolute Gasteiger partial charge is 0.315 e. The monoisotopic (exact) mass is 208 g/mol. The summed E-state index contributed by atoms with van der Waals surface area (Å²) in [5.74, 6) is 0. The Morgan fingerprint density at radius 3 is 2.85 bits per heavy atom. The third-order valence-corrected chi connectivity index (χ3v) is 2.28. The second-order valence-corrected chi connectivity index (χ2v) is 3.52. The van der Waals surface area contributed by atoms with Gasteiger partial charge >= 0.3 is 4.87 Å². The van der Waals surface area contributed by atoms with E-state index < -0.39 is 12.5 Å². The molecule has 0 radical (unpaired) electrons. The average Bonchev–Trinajstić information content (AvgIpc) is 2.47. The van der Waals surface area contributed by atoms with E-state index in [2.05, 4.69) is 10.3 Å². The molecule has 0 aromatic carbocycles. The van der Waals surface area contributed by atoms with Crippen molar-refractivity contribution in [2.75, 3.05) is 0 Å². The van der Waals surface area contributed by atoms with Gasteiger partial charge in [0.1, 0.15) is 0 Å². The van der Waals surface area contributed by atoms with Crippen molar-refractivity contribution in [3.63, 3.8) is 0 Å². The highest BCUT2D eigenvalue weighted by Crippen LogP contribution is 2.01. The van der Waals surface area contributed by atoms with Crippen LogP contribution in [-0.4, -0.2) is 17.5 Å². The predicted octanol–water partition coefficient (Wildman–Crippen LogP) is 1.18. The van der Waals surface area contributed by atoms with Crippen LogP contribution in [0.5, 0.6) is 0 Å². The number of hydrogen-bond acceptors (Lipinski definition) is 3. The highest BCUT2D eigenvalue weighted by atomic mass is 32.1. The Bertz CT molecular complexity index is 309. The zero-order chi connectivity index (χ0) is 9.84. The molecule has 0 amide bonds. The Balaban J connectivity index is 2.39. The van der Waals surface area contributed by atoms with E-state index in [0.717, 1.165) is 11.3 Å². The molecule has 0 aliphatic rings. The van der Waals surface area contributed by atoms with Gasteiger partial charge in [-0.2, -0.15) is 0 Å². The highest BCUT2D eigenvalue weighted by molar-refractivity contribution is 7.07. The van der Waals surface area contributed by atoms with Crippen molar-refractivity contribution in [2.24, 2.45) is 0 Å². The molecule has 0 spiro atoms. The minimum Gasteiger partial charge on any atom is -0.315 e. The molecule has 1 heterocycles. The summed E-state index contributed by atoms with van der Waals surface area (Å²) in [6.07, 6.45) is -2.38. The summed E-state index contributed by atoms with van der Waals surface area (Å²) in [5, 5.41) is 4.22. The Labute approximate surface area is 77.8 Å². The Morgan fingerprint density at radius 2 is 2.38 bits per heavy atom. The topological polar surface area (TPSA) is 44.9 Å². The molecule has 0 aliphatic carbocycles. The van der Waals surface area contributed by atoms with Gasteiger partial charge in [0.05, 0.1) is 6.04 Å². The summed E-state index contributed by atoms with van der Waals surface area (Å²) >= 11 is 1.03. The number of H-pyrrole nitrogens is 1. The van der Waals surface area contributed by atoms with Crippen LogP contribution < -0.4 is 10.2 Å². The van der Waals surface area contributed by atoms with Crippen LogP contribution in [0.2, 0.25) is 0 Å². The summed E-state index contributed by atoms with van der Waals surface area (Å²) in [4.78, 5) is 13.0. The molecular weight excluding hydrogens is 198 g/mol. The number of rotatable bonds is 4. The number of alkyl halides is 2. The first-order valence-electron chi connectivity index (χ1n) is 3.78. The van der Waals surface area contributed by atoms with Gasteiger partial charge in [0.2, 0.25) is 0 Å². The first-order valence-corrected chi connectivity index (χ1v) is 4.66. The van der Waals surface area contributed by atoms with Crippen LogP contribution in [0.1, 0.15) is 12.6 Å². The van der Waals surface area contributed by atoms with Crippen molar-refractivity contribution >= 4 is 11.3 Å². The lowest BCUT2D eigenvalue weighted by atomic mass is 10.3. The van der Waals surface area contributed by atoms with Crippen molar-refractivity contribution < 1.29 is 8.78 Å². The van der Waals surface area contributed by atoms with E-state index in [4.69, 9.17) is 0 Å². The third kappa shape index (κ3) is 3.23. The molecule has 0 saturated carbocycles. The van der Waals surface area contributed by atoms with Gasteiger partial charge in [-0.3, -0.25) is 4.79 Å². The maximum atomic E-state index is 12.0. The zero-order valence-electron chi connectivity index (χ0n) is 7.01. The van der Waals surface area contributed by atoms with Crippen LogP contribution >= 0.6 is 11.3 Å². The van der Waals surface area contributed by atoms with Crippen LogP contribution in [0.3, 0.4) is 0 Å². The number of aromatic nitrogens is 1. The molecule has 0 saturated heterocycles. The fourth-order valence-corrected chi connectivity index (χ4v) is 1.34. The third-order valence-electron chi connectivity index (χ3n) is 1.56. The number of hydrogen-bond donors (Lipinski definition) is 2. The van der Waals surface area contributed by atoms with Crippen LogP contribution in [0.15, 0.2) is 10.2 Å². The summed E-state index contributed by atoms with van der Waals surface area (Å²) in [6, 6.07) is -0.858. The van der Waals surface area contributed by atoms with E-state index in [-0.39, 0.29) is 11.4 Å². The first kappa shape index (κ1) is 10.3. The summed E-state index contributed by atoms with van der Waals surface area (Å²) in [7, 11) is 0. The molecule has 1 unspecified atom stereocenters. The fraction of sp³-hybridized carbons (Fsp3) is 0.571. The Hall–Kier alpha value is -0.750. The van der Waals surface area contributed by atoms with Crippen molar-refractivity contribution in [3.8, 4) is 0 Å². The van der Waals surface area contributed by atoms with E-state index in [0.29, 0.717) is 5.69 Å². The Kier molecular flexibility index (Phi) is 3.56. The second kappa shape index (κ2) is 4.48. The highest BCUT2D eigenvalue weighted by Gasteiger charge is 2.13. The molecule has 0 aliphatic heterocycles. The average molecular weight is 208 g/mol. The lowest BCUT2D eigenvalue weighted by Crippen LogP contribution is -2.32. The van der Waals surface area contributed by atoms with Crippen LogP contribution in [0.4, 0.5) is 8.78 Å². The number of halogens is 2. The summed E-state index contributed by atoms with van der Waals surface area (Å²) in [5.41, 5.74) is 0.641. The summed E-state index contributed by atoms with van der Waals surface area (Å²) < 4.78 is 24.0. The normalized spacial score (nSPS) is 13.5. The van der Waals surface area contributed by atoms with Gasteiger partial charge in [-0.05, 0) is 6.92 Å². The second-order valence-electron chi connectivity index (χ2n) is 2.68. The standard InChI is InChI=1S/C7H10F2N2OS/c1-4(6(8)9)10-2-5-3-13-7(12)11-5/h3-4,6,10H,2H2,1H3,(H,11,12). The molecular formula is C7H10F2N2OS. The van der Waals surface area contributed by atoms with Gasteiger partial charge in [0, 0.05) is 17.6 Å². The molecule has 6 heteroatoms. The van der Waals surface area contributed by atoms with E-state index in [1.165, 1.54) is 6.92 Å². The molecule has 74 valence electrons. The van der Waals surface area contributed by atoms with E-state index in [9.17, 15) is 13.6 Å². The van der Waals surface area contributed by atoms with Crippen molar-refractivity contribution in [2.45, 2.75) is 25.9 Å². The van der Waals surface area contributed by atoms with Gasteiger partial charge in [0.25, 0.3) is 6.43 Å². The lowest BCUT2D eigenvalue weighted by Gasteiger charge is -2.10. The van der Waals surface area contributed by atoms with Gasteiger partial charge in [0.15, 0.2) is 0 Å². The quantitative estimate of drug-likeness (QED) is 0.780. The zero-order valence-corrected chi connectivity index (χ0v) is 7.83. The van der Waals surface area contributed by atoms with Crippen molar-refractivity contribution in [3.05, 3.63) is 20.7 Å². The molecule has 3 nitrogen and oxygen atoms in total. The smallest absolute Gasteiger partial charge is 0.304 e. The predicted molar refractivity (Wildman–Crippen MR) is 47.2 cm³/mol. The molecule has 13 heavy (non-hydrogen) atoms. The number of nitrogens with one attached hydrogen (secondary N) is 2. The number of thiazole rings is 1. The van der Waals surface area contributed by atoms with Gasteiger partial charge in [-0.1, -0.05) is 11.3 Å². The minimum atomic E-state index is -2.38. The summed E-state index contributed by atoms with van der Waals surface area (Å²) in [6.45, 7) is 1.67. The van der Waals surface area contributed by atoms with Crippen molar-refractivity contribution in [1.29, 1.82) is 0 Å². The van der Waals surface area contributed by atoms with Gasteiger partial charge in [-0.15, -0.1) is 0 Å². The molecule has 1 atom stereocenters.